The lowest BCUT2D eigenvalue weighted by Gasteiger charge is -2.05. The lowest BCUT2D eigenvalue weighted by atomic mass is 10.1. The van der Waals surface area contributed by atoms with Gasteiger partial charge in [-0.1, -0.05) is 12.1 Å². The Kier molecular flexibility index (Phi) is 2.84. The molecule has 20 heavy (non-hydrogen) atoms. The van der Waals surface area contributed by atoms with Gasteiger partial charge in [0.25, 0.3) is 0 Å². The summed E-state index contributed by atoms with van der Waals surface area (Å²) in [4.78, 5) is 11.8. The molecule has 0 aliphatic heterocycles. The van der Waals surface area contributed by atoms with Crippen LogP contribution in [0.4, 0.5) is 4.39 Å². The fraction of sp³-hybridized carbons (Fsp3) is 0.0667. The van der Waals surface area contributed by atoms with Crippen molar-refractivity contribution in [1.82, 2.24) is 4.57 Å². The van der Waals surface area contributed by atoms with E-state index >= 15 is 0 Å². The molecular formula is C15H9FN2O2. The third-order valence-corrected chi connectivity index (χ3v) is 3.09. The van der Waals surface area contributed by atoms with Crippen molar-refractivity contribution >= 4 is 11.1 Å². The number of hydrogen-bond acceptors (Lipinski definition) is 3. The highest BCUT2D eigenvalue weighted by atomic mass is 19.1. The highest BCUT2D eigenvalue weighted by molar-refractivity contribution is 5.72. The van der Waals surface area contributed by atoms with Crippen molar-refractivity contribution in [3.05, 3.63) is 70.0 Å². The maximum atomic E-state index is 13.3. The first-order chi connectivity index (χ1) is 9.69. The van der Waals surface area contributed by atoms with Crippen molar-refractivity contribution in [2.24, 2.45) is 0 Å². The Morgan fingerprint density at radius 2 is 2.05 bits per heavy atom. The minimum Gasteiger partial charge on any atom is -0.408 e. The van der Waals surface area contributed by atoms with E-state index < -0.39 is 11.6 Å². The van der Waals surface area contributed by atoms with Crippen LogP contribution in [-0.2, 0) is 6.54 Å². The zero-order valence-corrected chi connectivity index (χ0v) is 10.3. The number of nitrogens with zero attached hydrogens (tertiary/aromatic N) is 2. The molecule has 0 radical (unpaired) electrons. The molecule has 0 saturated carbocycles. The number of aromatic nitrogens is 1. The minimum absolute atomic E-state index is 0.0937. The van der Waals surface area contributed by atoms with E-state index in [1.165, 1.54) is 22.8 Å². The molecule has 0 atom stereocenters. The van der Waals surface area contributed by atoms with Gasteiger partial charge in [0.15, 0.2) is 5.58 Å². The van der Waals surface area contributed by atoms with E-state index in [-0.39, 0.29) is 6.54 Å². The van der Waals surface area contributed by atoms with Crippen molar-refractivity contribution in [2.75, 3.05) is 0 Å². The van der Waals surface area contributed by atoms with Crippen LogP contribution >= 0.6 is 0 Å². The van der Waals surface area contributed by atoms with E-state index in [2.05, 4.69) is 0 Å². The lowest BCUT2D eigenvalue weighted by molar-refractivity contribution is 0.517. The summed E-state index contributed by atoms with van der Waals surface area (Å²) in [7, 11) is 0. The Morgan fingerprint density at radius 3 is 2.85 bits per heavy atom. The maximum Gasteiger partial charge on any atom is 0.420 e. The lowest BCUT2D eigenvalue weighted by Crippen LogP contribution is -2.15. The molecular weight excluding hydrogens is 259 g/mol. The molecule has 1 aromatic heterocycles. The Hall–Kier alpha value is -2.87. The molecule has 98 valence electrons. The van der Waals surface area contributed by atoms with Crippen LogP contribution in [0.5, 0.6) is 0 Å². The fourth-order valence-corrected chi connectivity index (χ4v) is 2.14. The summed E-state index contributed by atoms with van der Waals surface area (Å²) < 4.78 is 19.8. The number of rotatable bonds is 2. The van der Waals surface area contributed by atoms with Crippen molar-refractivity contribution in [3.8, 4) is 6.07 Å². The SMILES string of the molecule is N#Cc1ccc(F)cc1Cn1c(=O)oc2ccccc21. The average molecular weight is 268 g/mol. The molecule has 0 spiro atoms. The second kappa shape index (κ2) is 4.67. The van der Waals surface area contributed by atoms with Crippen molar-refractivity contribution < 1.29 is 8.81 Å². The molecule has 0 aliphatic rings. The highest BCUT2D eigenvalue weighted by Crippen LogP contribution is 2.16. The third kappa shape index (κ3) is 1.97. The summed E-state index contributed by atoms with van der Waals surface area (Å²) >= 11 is 0. The first kappa shape index (κ1) is 12.2. The van der Waals surface area contributed by atoms with E-state index in [0.717, 1.165) is 0 Å². The van der Waals surface area contributed by atoms with Crippen molar-refractivity contribution in [2.45, 2.75) is 6.54 Å². The van der Waals surface area contributed by atoms with Crippen molar-refractivity contribution in [3.63, 3.8) is 0 Å². The van der Waals surface area contributed by atoms with Crippen LogP contribution in [-0.4, -0.2) is 4.57 Å². The molecule has 0 saturated heterocycles. The predicted molar refractivity (Wildman–Crippen MR) is 70.7 cm³/mol. The van der Waals surface area contributed by atoms with Gasteiger partial charge in [-0.15, -0.1) is 0 Å². The molecule has 3 aromatic rings. The Balaban J connectivity index is 2.15. The number of hydrogen-bond donors (Lipinski definition) is 0. The molecule has 0 fully saturated rings. The zero-order valence-electron chi connectivity index (χ0n) is 10.3. The average Bonchev–Trinajstić information content (AvgIpc) is 2.76. The van der Waals surface area contributed by atoms with Crippen LogP contribution in [0.2, 0.25) is 0 Å². The van der Waals surface area contributed by atoms with Crippen molar-refractivity contribution in [1.29, 1.82) is 5.26 Å². The molecule has 3 rings (SSSR count). The zero-order chi connectivity index (χ0) is 14.1. The molecule has 0 unspecified atom stereocenters. The van der Waals surface area contributed by atoms with Gasteiger partial charge in [-0.25, -0.2) is 9.18 Å². The molecule has 1 heterocycles. The van der Waals surface area contributed by atoms with Gasteiger partial charge in [-0.05, 0) is 35.9 Å². The van der Waals surface area contributed by atoms with E-state index in [9.17, 15) is 9.18 Å². The summed E-state index contributed by atoms with van der Waals surface area (Å²) in [5, 5.41) is 9.04. The van der Waals surface area contributed by atoms with Crippen LogP contribution in [0.15, 0.2) is 51.7 Å². The number of benzene rings is 2. The van der Waals surface area contributed by atoms with Crippen LogP contribution in [0.1, 0.15) is 11.1 Å². The second-order valence-electron chi connectivity index (χ2n) is 4.34. The highest BCUT2D eigenvalue weighted by Gasteiger charge is 2.11. The summed E-state index contributed by atoms with van der Waals surface area (Å²) in [6, 6.07) is 12.8. The fourth-order valence-electron chi connectivity index (χ4n) is 2.14. The molecule has 0 amide bonds. The normalized spacial score (nSPS) is 10.6. The summed E-state index contributed by atoms with van der Waals surface area (Å²) in [6.45, 7) is 0.0937. The van der Waals surface area contributed by atoms with Gasteiger partial charge in [-0.2, -0.15) is 5.26 Å². The Labute approximate surface area is 113 Å². The quantitative estimate of drug-likeness (QED) is 0.718. The van der Waals surface area contributed by atoms with Crippen LogP contribution < -0.4 is 5.76 Å². The molecule has 0 bridgehead atoms. The molecule has 4 nitrogen and oxygen atoms in total. The summed E-state index contributed by atoms with van der Waals surface area (Å²) in [5.41, 5.74) is 1.86. The van der Waals surface area contributed by atoms with Gasteiger partial charge in [0.05, 0.1) is 23.7 Å². The number of halogens is 1. The number of nitriles is 1. The number of oxazole rings is 1. The maximum absolute atomic E-state index is 13.3. The topological polar surface area (TPSA) is 58.9 Å². The molecule has 0 N–H and O–H groups in total. The van der Waals surface area contributed by atoms with E-state index in [0.29, 0.717) is 22.2 Å². The van der Waals surface area contributed by atoms with Gasteiger partial charge >= 0.3 is 5.76 Å². The number of fused-ring (bicyclic) bond motifs is 1. The molecule has 5 heteroatoms. The van der Waals surface area contributed by atoms with Gasteiger partial charge in [0, 0.05) is 0 Å². The Bertz CT molecular complexity index is 887. The monoisotopic (exact) mass is 268 g/mol. The summed E-state index contributed by atoms with van der Waals surface area (Å²) in [5.74, 6) is -0.973. The summed E-state index contributed by atoms with van der Waals surface area (Å²) in [6.07, 6.45) is 0. The molecule has 0 aliphatic carbocycles. The van der Waals surface area contributed by atoms with Crippen LogP contribution in [0.3, 0.4) is 0 Å². The first-order valence-corrected chi connectivity index (χ1v) is 5.96. The predicted octanol–water partition coefficient (Wildman–Crippen LogP) is 2.65. The van der Waals surface area contributed by atoms with E-state index in [1.807, 2.05) is 6.07 Å². The smallest absolute Gasteiger partial charge is 0.408 e. The third-order valence-electron chi connectivity index (χ3n) is 3.09. The van der Waals surface area contributed by atoms with Gasteiger partial charge in [-0.3, -0.25) is 4.57 Å². The second-order valence-corrected chi connectivity index (χ2v) is 4.34. The van der Waals surface area contributed by atoms with Gasteiger partial charge < -0.3 is 4.42 Å². The van der Waals surface area contributed by atoms with Gasteiger partial charge in [0.2, 0.25) is 0 Å². The van der Waals surface area contributed by atoms with E-state index in [4.69, 9.17) is 9.68 Å². The largest absolute Gasteiger partial charge is 0.420 e. The number of para-hydroxylation sites is 2. The molecule has 2 aromatic carbocycles. The minimum atomic E-state index is -0.528. The van der Waals surface area contributed by atoms with Crippen LogP contribution in [0, 0.1) is 17.1 Å². The van der Waals surface area contributed by atoms with Gasteiger partial charge in [0.1, 0.15) is 5.82 Å². The van der Waals surface area contributed by atoms with E-state index in [1.54, 1.807) is 24.3 Å². The Morgan fingerprint density at radius 1 is 1.25 bits per heavy atom. The standard InChI is InChI=1S/C15H9FN2O2/c16-12-6-5-10(8-17)11(7-12)9-18-13-3-1-2-4-14(13)20-15(18)19/h1-7H,9H2. The van der Waals surface area contributed by atoms with Crippen LogP contribution in [0.25, 0.3) is 11.1 Å². The first-order valence-electron chi connectivity index (χ1n) is 5.96.